The average Bonchev–Trinajstić information content (AvgIpc) is 2.76. The molecule has 0 aliphatic carbocycles. The normalized spacial score (nSPS) is 14.7. The number of benzene rings is 2. The maximum absolute atomic E-state index is 12.4. The van der Waals surface area contributed by atoms with Crippen LogP contribution < -0.4 is 10.6 Å². The Bertz CT molecular complexity index is 992. The molecule has 1 heterocycles. The van der Waals surface area contributed by atoms with Crippen LogP contribution in [0.1, 0.15) is 12.5 Å². The highest BCUT2D eigenvalue weighted by Gasteiger charge is 2.21. The van der Waals surface area contributed by atoms with Gasteiger partial charge in [0.05, 0.1) is 28.7 Å². The van der Waals surface area contributed by atoms with Crippen molar-refractivity contribution in [2.24, 2.45) is 0 Å². The van der Waals surface area contributed by atoms with Crippen molar-refractivity contribution in [3.63, 3.8) is 0 Å². The highest BCUT2D eigenvalue weighted by molar-refractivity contribution is 6.34. The molecule has 2 amide bonds. The number of carbonyl (C=O) groups excluding carboxylic acids is 2. The summed E-state index contributed by atoms with van der Waals surface area (Å²) in [5.74, 6) is -0.298. The van der Waals surface area contributed by atoms with Crippen LogP contribution in [0.15, 0.2) is 42.5 Å². The van der Waals surface area contributed by atoms with Crippen molar-refractivity contribution in [1.82, 2.24) is 9.80 Å². The minimum Gasteiger partial charge on any atom is -0.325 e. The summed E-state index contributed by atoms with van der Waals surface area (Å²) in [7, 11) is 0. The maximum atomic E-state index is 12.4. The third kappa shape index (κ3) is 6.49. The van der Waals surface area contributed by atoms with Crippen LogP contribution in [-0.4, -0.2) is 65.8 Å². The Balaban J connectivity index is 1.43. The fourth-order valence-electron chi connectivity index (χ4n) is 3.56. The monoisotopic (exact) mass is 459 g/mol. The summed E-state index contributed by atoms with van der Waals surface area (Å²) in [6.07, 6.45) is 0.849. The van der Waals surface area contributed by atoms with Crippen LogP contribution in [0.2, 0.25) is 5.02 Å². The first-order valence-electron chi connectivity index (χ1n) is 10.4. The lowest BCUT2D eigenvalue weighted by Gasteiger charge is -2.33. The molecule has 0 atom stereocenters. The molecule has 9 nitrogen and oxygen atoms in total. The summed E-state index contributed by atoms with van der Waals surface area (Å²) >= 11 is 6.03. The molecule has 0 spiro atoms. The van der Waals surface area contributed by atoms with E-state index >= 15 is 0 Å². The summed E-state index contributed by atoms with van der Waals surface area (Å²) in [5.41, 5.74) is 2.15. The van der Waals surface area contributed by atoms with Crippen LogP contribution in [0.3, 0.4) is 0 Å². The molecule has 3 rings (SSSR count). The third-order valence-corrected chi connectivity index (χ3v) is 5.62. The lowest BCUT2D eigenvalue weighted by atomic mass is 10.1. The Morgan fingerprint density at radius 2 is 1.53 bits per heavy atom. The molecular formula is C22H26ClN5O4. The number of hydrogen-bond donors (Lipinski definition) is 2. The Morgan fingerprint density at radius 3 is 2.06 bits per heavy atom. The van der Waals surface area contributed by atoms with Gasteiger partial charge in [-0.25, -0.2) is 0 Å². The number of piperazine rings is 1. The molecule has 0 unspecified atom stereocenters. The average molecular weight is 460 g/mol. The fourth-order valence-corrected chi connectivity index (χ4v) is 3.78. The van der Waals surface area contributed by atoms with Crippen molar-refractivity contribution in [2.75, 3.05) is 49.9 Å². The van der Waals surface area contributed by atoms with E-state index in [9.17, 15) is 19.7 Å². The lowest BCUT2D eigenvalue weighted by Crippen LogP contribution is -2.50. The van der Waals surface area contributed by atoms with Gasteiger partial charge in [0, 0.05) is 44.0 Å². The Labute approximate surface area is 191 Å². The predicted octanol–water partition coefficient (Wildman–Crippen LogP) is 3.01. The van der Waals surface area contributed by atoms with Gasteiger partial charge >= 0.3 is 0 Å². The summed E-state index contributed by atoms with van der Waals surface area (Å²) < 4.78 is 0. The molecular weight excluding hydrogens is 434 g/mol. The van der Waals surface area contributed by atoms with Crippen molar-refractivity contribution in [1.29, 1.82) is 0 Å². The molecule has 0 saturated carbocycles. The third-order valence-electron chi connectivity index (χ3n) is 5.31. The Morgan fingerprint density at radius 1 is 0.969 bits per heavy atom. The van der Waals surface area contributed by atoms with Gasteiger partial charge in [0.1, 0.15) is 0 Å². The van der Waals surface area contributed by atoms with E-state index in [2.05, 4.69) is 22.5 Å². The Kier molecular flexibility index (Phi) is 8.15. The number of aryl methyl sites for hydroxylation is 1. The molecule has 2 N–H and O–H groups in total. The predicted molar refractivity (Wildman–Crippen MR) is 124 cm³/mol. The zero-order valence-electron chi connectivity index (χ0n) is 17.8. The summed E-state index contributed by atoms with van der Waals surface area (Å²) in [6.45, 7) is 5.19. The smallest absolute Gasteiger partial charge is 0.271 e. The van der Waals surface area contributed by atoms with Gasteiger partial charge in [-0.1, -0.05) is 36.7 Å². The van der Waals surface area contributed by atoms with Gasteiger partial charge in [-0.05, 0) is 24.1 Å². The molecule has 1 aliphatic rings. The lowest BCUT2D eigenvalue weighted by molar-refractivity contribution is -0.384. The highest BCUT2D eigenvalue weighted by Crippen LogP contribution is 2.26. The standard InChI is InChI=1S/C22H26ClN5O4/c1-2-16-5-3-4-6-19(16)24-21(29)14-26-9-11-27(12-10-26)15-22(30)25-20-8-7-17(28(31)32)13-18(20)23/h3-8,13H,2,9-12,14-15H2,1H3,(H,24,29)(H,25,30). The van der Waals surface area contributed by atoms with E-state index in [-0.39, 0.29) is 29.1 Å². The van der Waals surface area contributed by atoms with Crippen LogP contribution in [0.5, 0.6) is 0 Å². The topological polar surface area (TPSA) is 108 Å². The maximum Gasteiger partial charge on any atom is 0.271 e. The van der Waals surface area contributed by atoms with Crippen molar-refractivity contribution in [3.8, 4) is 0 Å². The van der Waals surface area contributed by atoms with E-state index in [1.54, 1.807) is 0 Å². The van der Waals surface area contributed by atoms with Crippen molar-refractivity contribution in [2.45, 2.75) is 13.3 Å². The number of carbonyl (C=O) groups is 2. The van der Waals surface area contributed by atoms with Gasteiger partial charge in [0.25, 0.3) is 5.69 Å². The second kappa shape index (κ2) is 11.0. The van der Waals surface area contributed by atoms with Crippen LogP contribution in [0, 0.1) is 10.1 Å². The van der Waals surface area contributed by atoms with Crippen molar-refractivity contribution in [3.05, 3.63) is 63.2 Å². The van der Waals surface area contributed by atoms with Crippen LogP contribution >= 0.6 is 11.6 Å². The number of para-hydroxylation sites is 1. The molecule has 10 heteroatoms. The minimum atomic E-state index is -0.542. The first kappa shape index (κ1) is 23.6. The number of nitro groups is 1. The molecule has 1 aliphatic heterocycles. The number of amides is 2. The largest absolute Gasteiger partial charge is 0.325 e. The summed E-state index contributed by atoms with van der Waals surface area (Å²) in [5, 5.41) is 16.6. The van der Waals surface area contributed by atoms with Crippen LogP contribution in [0.25, 0.3) is 0 Å². The van der Waals surface area contributed by atoms with Gasteiger partial charge in [-0.15, -0.1) is 0 Å². The summed E-state index contributed by atoms with van der Waals surface area (Å²) in [4.78, 5) is 39.1. The number of rotatable bonds is 8. The van der Waals surface area contributed by atoms with E-state index in [4.69, 9.17) is 11.6 Å². The van der Waals surface area contributed by atoms with Crippen molar-refractivity contribution < 1.29 is 14.5 Å². The van der Waals surface area contributed by atoms with Gasteiger partial charge in [0.2, 0.25) is 11.8 Å². The van der Waals surface area contributed by atoms with Crippen molar-refractivity contribution >= 4 is 40.5 Å². The van der Waals surface area contributed by atoms with Crippen LogP contribution in [-0.2, 0) is 16.0 Å². The molecule has 170 valence electrons. The fraction of sp³-hybridized carbons (Fsp3) is 0.364. The first-order valence-corrected chi connectivity index (χ1v) is 10.8. The van der Waals surface area contributed by atoms with E-state index in [1.165, 1.54) is 18.2 Å². The van der Waals surface area contributed by atoms with Gasteiger partial charge < -0.3 is 10.6 Å². The molecule has 0 bridgehead atoms. The second-order valence-electron chi connectivity index (χ2n) is 7.58. The number of nitro benzene ring substituents is 1. The van der Waals surface area contributed by atoms with E-state index in [1.807, 2.05) is 29.2 Å². The van der Waals surface area contributed by atoms with E-state index < -0.39 is 4.92 Å². The minimum absolute atomic E-state index is 0.0510. The van der Waals surface area contributed by atoms with Gasteiger partial charge in [-0.2, -0.15) is 0 Å². The molecule has 1 fully saturated rings. The number of halogens is 1. The molecule has 0 aromatic heterocycles. The number of nitrogens with one attached hydrogen (secondary N) is 2. The number of hydrogen-bond acceptors (Lipinski definition) is 6. The van der Waals surface area contributed by atoms with Crippen LogP contribution in [0.4, 0.5) is 17.1 Å². The van der Waals surface area contributed by atoms with E-state index in [0.29, 0.717) is 38.4 Å². The zero-order valence-corrected chi connectivity index (χ0v) is 18.6. The van der Waals surface area contributed by atoms with E-state index in [0.717, 1.165) is 17.7 Å². The Hall–Kier alpha value is -3.01. The second-order valence-corrected chi connectivity index (χ2v) is 7.99. The molecule has 2 aromatic rings. The van der Waals surface area contributed by atoms with Gasteiger partial charge in [0.15, 0.2) is 0 Å². The zero-order chi connectivity index (χ0) is 23.1. The highest BCUT2D eigenvalue weighted by atomic mass is 35.5. The quantitative estimate of drug-likeness (QED) is 0.464. The summed E-state index contributed by atoms with van der Waals surface area (Å²) in [6, 6.07) is 11.7. The number of anilines is 2. The molecule has 32 heavy (non-hydrogen) atoms. The molecule has 2 aromatic carbocycles. The molecule has 0 radical (unpaired) electrons. The number of nitrogens with zero attached hydrogens (tertiary/aromatic N) is 3. The first-order chi connectivity index (χ1) is 15.4. The van der Waals surface area contributed by atoms with Gasteiger partial charge in [-0.3, -0.25) is 29.5 Å². The SMILES string of the molecule is CCc1ccccc1NC(=O)CN1CCN(CC(=O)Nc2ccc([N+](=O)[O-])cc2Cl)CC1. The number of non-ortho nitro benzene ring substituents is 1. The molecule has 1 saturated heterocycles.